The third kappa shape index (κ3) is 26.0. The highest BCUT2D eigenvalue weighted by atomic mass is 14.1. The van der Waals surface area contributed by atoms with Crippen LogP contribution in [0, 0.1) is 6.92 Å². The van der Waals surface area contributed by atoms with E-state index in [1.54, 1.807) is 5.57 Å². The molecular weight excluding hydrogens is 384 g/mol. The molecule has 0 spiro atoms. The zero-order valence-corrected chi connectivity index (χ0v) is 22.9. The lowest BCUT2D eigenvalue weighted by Crippen LogP contribution is -1.89. The van der Waals surface area contributed by atoms with E-state index in [2.05, 4.69) is 26.8 Å². The molecule has 0 aromatic carbocycles. The lowest BCUT2D eigenvalue weighted by atomic mass is 9.97. The standard InChI is InChI=1S/C32H63/c1-4-7-10-13-16-17-18-19-20-22-25-28-31-32(29-26-23-15-12-9-6-3)30-27-24-21-14-11-8-5-2/h30H,3-29,31H2,1-2H3/b32-30+. The Hall–Kier alpha value is -0.260. The zero-order chi connectivity index (χ0) is 23.4. The maximum Gasteiger partial charge on any atom is -0.0320 e. The van der Waals surface area contributed by atoms with E-state index in [4.69, 9.17) is 0 Å². The van der Waals surface area contributed by atoms with Gasteiger partial charge in [-0.2, -0.15) is 0 Å². The Labute approximate surface area is 205 Å². The lowest BCUT2D eigenvalue weighted by Gasteiger charge is -2.09. The van der Waals surface area contributed by atoms with Crippen LogP contribution in [0.1, 0.15) is 187 Å². The Kier molecular flexibility index (Phi) is 28.5. The minimum Gasteiger partial charge on any atom is -0.0853 e. The van der Waals surface area contributed by atoms with Gasteiger partial charge in [0.15, 0.2) is 0 Å². The van der Waals surface area contributed by atoms with Crippen molar-refractivity contribution in [3.8, 4) is 0 Å². The molecule has 0 aromatic rings. The molecular formula is C32H63. The molecule has 191 valence electrons. The molecule has 0 saturated carbocycles. The highest BCUT2D eigenvalue weighted by Crippen LogP contribution is 2.20. The predicted octanol–water partition coefficient (Wildman–Crippen LogP) is 12.3. The van der Waals surface area contributed by atoms with Crippen molar-refractivity contribution in [3.63, 3.8) is 0 Å². The number of rotatable bonds is 27. The summed E-state index contributed by atoms with van der Waals surface area (Å²) < 4.78 is 0. The average Bonchev–Trinajstić information content (AvgIpc) is 2.80. The van der Waals surface area contributed by atoms with Gasteiger partial charge in [-0.3, -0.25) is 0 Å². The normalized spacial score (nSPS) is 12.0. The number of unbranched alkanes of at least 4 members (excludes halogenated alkanes) is 22. The van der Waals surface area contributed by atoms with Crippen LogP contribution in [-0.4, -0.2) is 0 Å². The molecule has 0 unspecified atom stereocenters. The fraction of sp³-hybridized carbons (Fsp3) is 0.906. The molecule has 0 amide bonds. The molecule has 0 aliphatic rings. The maximum atomic E-state index is 3.97. The molecule has 0 saturated heterocycles. The molecule has 0 atom stereocenters. The van der Waals surface area contributed by atoms with Crippen molar-refractivity contribution in [2.45, 2.75) is 187 Å². The van der Waals surface area contributed by atoms with Gasteiger partial charge in [-0.1, -0.05) is 167 Å². The van der Waals surface area contributed by atoms with Gasteiger partial charge in [0, 0.05) is 0 Å². The number of hydrogen-bond donors (Lipinski definition) is 0. The Morgan fingerprint density at radius 1 is 0.438 bits per heavy atom. The highest BCUT2D eigenvalue weighted by Gasteiger charge is 2.00. The van der Waals surface area contributed by atoms with E-state index in [-0.39, 0.29) is 0 Å². The Balaban J connectivity index is 3.83. The SMILES string of the molecule is [CH2]CCCCCCC/C(=C\CCCCCCCC)CCCCCCCCCCCCCC. The first kappa shape index (κ1) is 31.7. The summed E-state index contributed by atoms with van der Waals surface area (Å²) in [5.74, 6) is 0. The average molecular weight is 448 g/mol. The fourth-order valence-electron chi connectivity index (χ4n) is 4.81. The molecule has 0 aliphatic heterocycles. The van der Waals surface area contributed by atoms with Crippen LogP contribution < -0.4 is 0 Å². The van der Waals surface area contributed by atoms with Crippen molar-refractivity contribution in [1.82, 2.24) is 0 Å². The second kappa shape index (κ2) is 28.8. The van der Waals surface area contributed by atoms with Gasteiger partial charge in [0.1, 0.15) is 0 Å². The summed E-state index contributed by atoms with van der Waals surface area (Å²) in [6.07, 6.45) is 40.8. The summed E-state index contributed by atoms with van der Waals surface area (Å²) in [7, 11) is 0. The Bertz CT molecular complexity index is 353. The zero-order valence-electron chi connectivity index (χ0n) is 22.9. The van der Waals surface area contributed by atoms with E-state index in [0.717, 1.165) is 6.42 Å². The quantitative estimate of drug-likeness (QED) is 0.0867. The van der Waals surface area contributed by atoms with Crippen LogP contribution in [0.2, 0.25) is 0 Å². The van der Waals surface area contributed by atoms with Crippen LogP contribution in [-0.2, 0) is 0 Å². The molecule has 0 rings (SSSR count). The topological polar surface area (TPSA) is 0 Å². The molecule has 1 radical (unpaired) electrons. The molecule has 0 aromatic heterocycles. The fourth-order valence-corrected chi connectivity index (χ4v) is 4.81. The first-order chi connectivity index (χ1) is 15.8. The lowest BCUT2D eigenvalue weighted by molar-refractivity contribution is 0.541. The second-order valence-electron chi connectivity index (χ2n) is 10.4. The van der Waals surface area contributed by atoms with Crippen molar-refractivity contribution in [1.29, 1.82) is 0 Å². The summed E-state index contributed by atoms with van der Waals surface area (Å²) in [4.78, 5) is 0. The largest absolute Gasteiger partial charge is 0.0853 e. The van der Waals surface area contributed by atoms with E-state index in [1.807, 2.05) is 0 Å². The van der Waals surface area contributed by atoms with Gasteiger partial charge in [0.05, 0.1) is 0 Å². The third-order valence-corrected chi connectivity index (χ3v) is 7.09. The second-order valence-corrected chi connectivity index (χ2v) is 10.4. The van der Waals surface area contributed by atoms with Crippen LogP contribution in [0.5, 0.6) is 0 Å². The van der Waals surface area contributed by atoms with Gasteiger partial charge in [-0.05, 0) is 38.5 Å². The van der Waals surface area contributed by atoms with Gasteiger partial charge in [0.2, 0.25) is 0 Å². The number of allylic oxidation sites excluding steroid dienone is 2. The molecule has 0 N–H and O–H groups in total. The van der Waals surface area contributed by atoms with Gasteiger partial charge in [-0.15, -0.1) is 0 Å². The van der Waals surface area contributed by atoms with E-state index in [9.17, 15) is 0 Å². The van der Waals surface area contributed by atoms with Gasteiger partial charge in [0.25, 0.3) is 0 Å². The number of hydrogen-bond acceptors (Lipinski definition) is 0. The van der Waals surface area contributed by atoms with Crippen molar-refractivity contribution < 1.29 is 0 Å². The minimum absolute atomic E-state index is 1.11. The van der Waals surface area contributed by atoms with Crippen LogP contribution in [0.25, 0.3) is 0 Å². The Morgan fingerprint density at radius 2 is 0.781 bits per heavy atom. The smallest absolute Gasteiger partial charge is 0.0320 e. The molecule has 0 aliphatic carbocycles. The summed E-state index contributed by atoms with van der Waals surface area (Å²) in [6.45, 7) is 8.59. The maximum absolute atomic E-state index is 3.97. The predicted molar refractivity (Wildman–Crippen MR) is 149 cm³/mol. The van der Waals surface area contributed by atoms with Crippen LogP contribution >= 0.6 is 0 Å². The van der Waals surface area contributed by atoms with Crippen molar-refractivity contribution >= 4 is 0 Å². The summed E-state index contributed by atoms with van der Waals surface area (Å²) in [5, 5.41) is 0. The van der Waals surface area contributed by atoms with Gasteiger partial charge >= 0.3 is 0 Å². The first-order valence-electron chi connectivity index (χ1n) is 15.3. The van der Waals surface area contributed by atoms with Crippen molar-refractivity contribution in [2.75, 3.05) is 0 Å². The van der Waals surface area contributed by atoms with E-state index in [1.165, 1.54) is 167 Å². The van der Waals surface area contributed by atoms with E-state index < -0.39 is 0 Å². The molecule has 0 bridgehead atoms. The Morgan fingerprint density at radius 3 is 1.19 bits per heavy atom. The molecule has 0 nitrogen and oxygen atoms in total. The van der Waals surface area contributed by atoms with Crippen LogP contribution in [0.4, 0.5) is 0 Å². The van der Waals surface area contributed by atoms with Crippen LogP contribution in [0.15, 0.2) is 11.6 Å². The molecule has 32 heavy (non-hydrogen) atoms. The molecule has 0 fully saturated rings. The summed E-state index contributed by atoms with van der Waals surface area (Å²) in [5.41, 5.74) is 1.79. The van der Waals surface area contributed by atoms with Crippen LogP contribution in [0.3, 0.4) is 0 Å². The monoisotopic (exact) mass is 447 g/mol. The minimum atomic E-state index is 1.11. The van der Waals surface area contributed by atoms with Crippen molar-refractivity contribution in [3.05, 3.63) is 18.6 Å². The summed E-state index contributed by atoms with van der Waals surface area (Å²) >= 11 is 0. The first-order valence-corrected chi connectivity index (χ1v) is 15.3. The van der Waals surface area contributed by atoms with Crippen molar-refractivity contribution in [2.24, 2.45) is 0 Å². The third-order valence-electron chi connectivity index (χ3n) is 7.09. The highest BCUT2D eigenvalue weighted by molar-refractivity contribution is 5.02. The summed E-state index contributed by atoms with van der Waals surface area (Å²) in [6, 6.07) is 0. The van der Waals surface area contributed by atoms with Gasteiger partial charge in [-0.25, -0.2) is 0 Å². The molecule has 0 heterocycles. The molecule has 0 heteroatoms. The van der Waals surface area contributed by atoms with E-state index in [0.29, 0.717) is 0 Å². The van der Waals surface area contributed by atoms with E-state index >= 15 is 0 Å². The van der Waals surface area contributed by atoms with Gasteiger partial charge < -0.3 is 0 Å².